The number of nitrogens with one attached hydrogen (secondary N) is 1. The first kappa shape index (κ1) is 14.5. The van der Waals surface area contributed by atoms with E-state index in [1.54, 1.807) is 0 Å². The Morgan fingerprint density at radius 1 is 1.38 bits per heavy atom. The topological polar surface area (TPSA) is 32.3 Å². The summed E-state index contributed by atoms with van der Waals surface area (Å²) in [5.74, 6) is 1.000. The van der Waals surface area contributed by atoms with Gasteiger partial charge in [-0.3, -0.25) is 0 Å². The molecule has 2 aliphatic rings. The Labute approximate surface area is 130 Å². The average Bonchev–Trinajstić information content (AvgIpc) is 3.02. The van der Waals surface area contributed by atoms with Gasteiger partial charge in [0, 0.05) is 17.2 Å². The fraction of sp³-hybridized carbons (Fsp3) is 0.471. The van der Waals surface area contributed by atoms with Gasteiger partial charge in [0.2, 0.25) is 0 Å². The molecule has 112 valence electrons. The van der Waals surface area contributed by atoms with Crippen LogP contribution in [0.25, 0.3) is 0 Å². The highest BCUT2D eigenvalue weighted by Crippen LogP contribution is 2.39. The van der Waals surface area contributed by atoms with Gasteiger partial charge >= 0.3 is 6.03 Å². The van der Waals surface area contributed by atoms with Crippen LogP contribution in [0, 0.1) is 0 Å². The molecule has 2 heterocycles. The van der Waals surface area contributed by atoms with E-state index in [0.717, 1.165) is 12.2 Å². The molecule has 3 rings (SSSR count). The minimum Gasteiger partial charge on any atom is -0.332 e. The predicted octanol–water partition coefficient (Wildman–Crippen LogP) is 3.77. The minimum absolute atomic E-state index is 0.0792. The van der Waals surface area contributed by atoms with Crippen molar-refractivity contribution in [3.05, 3.63) is 46.9 Å². The normalized spacial score (nSPS) is 26.2. The first-order chi connectivity index (χ1) is 10.3. The summed E-state index contributed by atoms with van der Waals surface area (Å²) in [6, 6.07) is 10.8. The fourth-order valence-corrected chi connectivity index (χ4v) is 4.33. The lowest BCUT2D eigenvalue weighted by Crippen LogP contribution is -2.34. The standard InChI is InChI=1S/C17H22N2OS/c1-2-3-5-10-15-16-14(12-21-15)18-17(20)19(16)11-13-8-6-4-7-9-13/h4,6-10,14,16H,2-3,5,11-12H2,1H3,(H,18,20)/b15-10+/t14-,16-/m0/s1. The first-order valence-corrected chi connectivity index (χ1v) is 8.72. The lowest BCUT2D eigenvalue weighted by atomic mass is 10.1. The Morgan fingerprint density at radius 2 is 2.19 bits per heavy atom. The fourth-order valence-electron chi connectivity index (χ4n) is 3.00. The molecule has 0 unspecified atom stereocenters. The molecule has 21 heavy (non-hydrogen) atoms. The second-order valence-corrected chi connectivity index (χ2v) is 6.77. The van der Waals surface area contributed by atoms with Gasteiger partial charge in [0.1, 0.15) is 0 Å². The molecule has 1 N–H and O–H groups in total. The summed E-state index contributed by atoms with van der Waals surface area (Å²) < 4.78 is 0. The maximum absolute atomic E-state index is 12.2. The predicted molar refractivity (Wildman–Crippen MR) is 88.2 cm³/mol. The highest BCUT2D eigenvalue weighted by Gasteiger charge is 2.45. The van der Waals surface area contributed by atoms with Gasteiger partial charge in [-0.05, 0) is 12.0 Å². The third-order valence-electron chi connectivity index (χ3n) is 4.11. The van der Waals surface area contributed by atoms with Crippen LogP contribution in [0.4, 0.5) is 4.79 Å². The molecule has 0 aliphatic carbocycles. The van der Waals surface area contributed by atoms with Gasteiger partial charge in [-0.25, -0.2) is 4.79 Å². The second kappa shape index (κ2) is 6.56. The quantitative estimate of drug-likeness (QED) is 0.663. The third-order valence-corrected chi connectivity index (χ3v) is 5.37. The van der Waals surface area contributed by atoms with E-state index in [9.17, 15) is 4.79 Å². The van der Waals surface area contributed by atoms with Crippen LogP contribution in [-0.2, 0) is 6.54 Å². The molecule has 2 aliphatic heterocycles. The van der Waals surface area contributed by atoms with Crippen molar-refractivity contribution in [3.63, 3.8) is 0 Å². The number of nitrogens with zero attached hydrogens (tertiary/aromatic N) is 1. The van der Waals surface area contributed by atoms with Crippen molar-refractivity contribution in [2.45, 2.75) is 44.8 Å². The summed E-state index contributed by atoms with van der Waals surface area (Å²) in [4.78, 5) is 15.6. The van der Waals surface area contributed by atoms with Crippen LogP contribution < -0.4 is 5.32 Å². The molecule has 0 saturated carbocycles. The number of unbranched alkanes of at least 4 members (excludes halogenated alkanes) is 2. The summed E-state index contributed by atoms with van der Waals surface area (Å²) in [6.45, 7) is 2.91. The van der Waals surface area contributed by atoms with E-state index in [0.29, 0.717) is 6.54 Å². The van der Waals surface area contributed by atoms with Crippen molar-refractivity contribution in [1.82, 2.24) is 10.2 Å². The monoisotopic (exact) mass is 302 g/mol. The summed E-state index contributed by atoms with van der Waals surface area (Å²) in [6.07, 6.45) is 5.90. The van der Waals surface area contributed by atoms with E-state index in [-0.39, 0.29) is 18.1 Å². The molecular formula is C17H22N2OS. The van der Waals surface area contributed by atoms with Crippen LogP contribution in [-0.4, -0.2) is 28.8 Å². The lowest BCUT2D eigenvalue weighted by molar-refractivity contribution is 0.207. The lowest BCUT2D eigenvalue weighted by Gasteiger charge is -2.23. The molecular weight excluding hydrogens is 280 g/mol. The number of thioether (sulfide) groups is 1. The first-order valence-electron chi connectivity index (χ1n) is 7.73. The van der Waals surface area contributed by atoms with E-state index in [1.807, 2.05) is 34.9 Å². The largest absolute Gasteiger partial charge is 0.332 e. The molecule has 2 amide bonds. The van der Waals surface area contributed by atoms with E-state index in [1.165, 1.54) is 23.3 Å². The SMILES string of the molecule is CCCC/C=C1/SC[C@@H]2NC(=O)N(Cc3ccccc3)[C@H]12. The maximum Gasteiger partial charge on any atom is 0.318 e. The van der Waals surface area contributed by atoms with Gasteiger partial charge < -0.3 is 10.2 Å². The smallest absolute Gasteiger partial charge is 0.318 e. The van der Waals surface area contributed by atoms with E-state index in [2.05, 4.69) is 30.4 Å². The van der Waals surface area contributed by atoms with E-state index >= 15 is 0 Å². The highest BCUT2D eigenvalue weighted by molar-refractivity contribution is 8.03. The number of urea groups is 1. The van der Waals surface area contributed by atoms with Crippen LogP contribution in [0.3, 0.4) is 0 Å². The Kier molecular flexibility index (Phi) is 4.54. The highest BCUT2D eigenvalue weighted by atomic mass is 32.2. The Balaban J connectivity index is 1.75. The number of fused-ring (bicyclic) bond motifs is 1. The number of rotatable bonds is 5. The van der Waals surface area contributed by atoms with Crippen molar-refractivity contribution in [2.24, 2.45) is 0 Å². The number of benzene rings is 1. The zero-order valence-electron chi connectivity index (χ0n) is 12.4. The van der Waals surface area contributed by atoms with Crippen LogP contribution in [0.15, 0.2) is 41.3 Å². The number of carbonyl (C=O) groups is 1. The van der Waals surface area contributed by atoms with Crippen LogP contribution in [0.2, 0.25) is 0 Å². The van der Waals surface area contributed by atoms with Crippen molar-refractivity contribution >= 4 is 17.8 Å². The van der Waals surface area contributed by atoms with Crippen molar-refractivity contribution < 1.29 is 4.79 Å². The molecule has 1 aromatic rings. The van der Waals surface area contributed by atoms with Gasteiger partial charge in [-0.1, -0.05) is 56.2 Å². The van der Waals surface area contributed by atoms with Gasteiger partial charge in [-0.2, -0.15) is 0 Å². The summed E-state index contributed by atoms with van der Waals surface area (Å²) in [5, 5.41) is 3.13. The van der Waals surface area contributed by atoms with Crippen LogP contribution in [0.1, 0.15) is 31.7 Å². The molecule has 1 aromatic carbocycles. The minimum atomic E-state index is 0.0792. The maximum atomic E-state index is 12.2. The Bertz CT molecular complexity index is 529. The number of carbonyl (C=O) groups excluding carboxylic acids is 1. The number of allylic oxidation sites excluding steroid dienone is 1. The number of amides is 2. The summed E-state index contributed by atoms with van der Waals surface area (Å²) in [7, 11) is 0. The Hall–Kier alpha value is -1.42. The molecule has 2 atom stereocenters. The van der Waals surface area contributed by atoms with Crippen LogP contribution in [0.5, 0.6) is 0 Å². The van der Waals surface area contributed by atoms with Gasteiger partial charge in [-0.15, -0.1) is 11.8 Å². The second-order valence-electron chi connectivity index (χ2n) is 5.67. The molecule has 0 spiro atoms. The molecule has 0 radical (unpaired) electrons. The molecule has 4 heteroatoms. The molecule has 2 saturated heterocycles. The van der Waals surface area contributed by atoms with Crippen LogP contribution >= 0.6 is 11.8 Å². The molecule has 2 fully saturated rings. The molecule has 3 nitrogen and oxygen atoms in total. The van der Waals surface area contributed by atoms with E-state index in [4.69, 9.17) is 0 Å². The summed E-state index contributed by atoms with van der Waals surface area (Å²) >= 11 is 1.91. The summed E-state index contributed by atoms with van der Waals surface area (Å²) in [5.41, 5.74) is 1.19. The van der Waals surface area contributed by atoms with Gasteiger partial charge in [0.25, 0.3) is 0 Å². The zero-order valence-corrected chi connectivity index (χ0v) is 13.2. The van der Waals surface area contributed by atoms with Crippen molar-refractivity contribution in [2.75, 3.05) is 5.75 Å². The van der Waals surface area contributed by atoms with Crippen molar-refractivity contribution in [1.29, 1.82) is 0 Å². The molecule has 0 aromatic heterocycles. The van der Waals surface area contributed by atoms with Gasteiger partial charge in [0.05, 0.1) is 12.1 Å². The van der Waals surface area contributed by atoms with Gasteiger partial charge in [0.15, 0.2) is 0 Å². The number of hydrogen-bond acceptors (Lipinski definition) is 2. The number of hydrogen-bond donors (Lipinski definition) is 1. The Morgan fingerprint density at radius 3 is 2.95 bits per heavy atom. The van der Waals surface area contributed by atoms with Crippen molar-refractivity contribution in [3.8, 4) is 0 Å². The zero-order chi connectivity index (χ0) is 14.7. The van der Waals surface area contributed by atoms with E-state index < -0.39 is 0 Å². The molecule has 0 bridgehead atoms. The average molecular weight is 302 g/mol. The third kappa shape index (κ3) is 3.10.